The van der Waals surface area contributed by atoms with E-state index in [-0.39, 0.29) is 6.42 Å². The highest BCUT2D eigenvalue weighted by Gasteiger charge is 2.31. The van der Waals surface area contributed by atoms with Gasteiger partial charge >= 0.3 is 6.18 Å². The van der Waals surface area contributed by atoms with Crippen LogP contribution in [0.5, 0.6) is 0 Å². The standard InChI is InChI=1S/C16H14ClF3O/c1-15(21,12-5-7-14(17)8-6-12)10-11-3-2-4-13(9-11)16(18,19)20/h2-9,21H,10H2,1H3. The second-order valence-electron chi connectivity index (χ2n) is 5.16. The van der Waals surface area contributed by atoms with Crippen molar-refractivity contribution >= 4 is 11.6 Å². The van der Waals surface area contributed by atoms with E-state index in [4.69, 9.17) is 11.6 Å². The van der Waals surface area contributed by atoms with Gasteiger partial charge in [-0.2, -0.15) is 13.2 Å². The molecule has 1 atom stereocenters. The highest BCUT2D eigenvalue weighted by Crippen LogP contribution is 2.32. The molecule has 1 nitrogen and oxygen atoms in total. The fourth-order valence-electron chi connectivity index (χ4n) is 2.17. The predicted octanol–water partition coefficient (Wildman–Crippen LogP) is 4.81. The third kappa shape index (κ3) is 3.99. The van der Waals surface area contributed by atoms with Gasteiger partial charge in [0.2, 0.25) is 0 Å². The molecule has 0 aliphatic rings. The molecule has 21 heavy (non-hydrogen) atoms. The van der Waals surface area contributed by atoms with Crippen LogP contribution < -0.4 is 0 Å². The zero-order valence-corrected chi connectivity index (χ0v) is 12.0. The van der Waals surface area contributed by atoms with E-state index in [0.717, 1.165) is 12.1 Å². The number of hydrogen-bond donors (Lipinski definition) is 1. The van der Waals surface area contributed by atoms with Gasteiger partial charge < -0.3 is 5.11 Å². The minimum absolute atomic E-state index is 0.0819. The van der Waals surface area contributed by atoms with Gasteiger partial charge in [-0.15, -0.1) is 0 Å². The predicted molar refractivity (Wildman–Crippen MR) is 76.2 cm³/mol. The first-order chi connectivity index (χ1) is 9.68. The van der Waals surface area contributed by atoms with Gasteiger partial charge in [0, 0.05) is 11.4 Å². The molecule has 2 rings (SSSR count). The van der Waals surface area contributed by atoms with Crippen LogP contribution in [0.3, 0.4) is 0 Å². The summed E-state index contributed by atoms with van der Waals surface area (Å²) in [5.74, 6) is 0. The van der Waals surface area contributed by atoms with Gasteiger partial charge in [-0.25, -0.2) is 0 Å². The van der Waals surface area contributed by atoms with Crippen molar-refractivity contribution in [3.8, 4) is 0 Å². The lowest BCUT2D eigenvalue weighted by molar-refractivity contribution is -0.137. The van der Waals surface area contributed by atoms with E-state index in [0.29, 0.717) is 16.1 Å². The van der Waals surface area contributed by atoms with E-state index in [1.807, 2.05) is 0 Å². The van der Waals surface area contributed by atoms with E-state index >= 15 is 0 Å². The van der Waals surface area contributed by atoms with Crippen molar-refractivity contribution in [3.05, 3.63) is 70.2 Å². The molecule has 0 heterocycles. The number of halogens is 4. The Morgan fingerprint density at radius 1 is 1.00 bits per heavy atom. The molecule has 1 N–H and O–H groups in total. The Balaban J connectivity index is 2.26. The SMILES string of the molecule is CC(O)(Cc1cccc(C(F)(F)F)c1)c1ccc(Cl)cc1. The minimum Gasteiger partial charge on any atom is -0.385 e. The number of alkyl halides is 3. The Kier molecular flexibility index (Phi) is 4.30. The molecule has 5 heteroatoms. The molecule has 0 bridgehead atoms. The smallest absolute Gasteiger partial charge is 0.385 e. The summed E-state index contributed by atoms with van der Waals surface area (Å²) in [5.41, 5.74) is -0.963. The molecule has 1 unspecified atom stereocenters. The fourth-order valence-corrected chi connectivity index (χ4v) is 2.29. The topological polar surface area (TPSA) is 20.2 Å². The summed E-state index contributed by atoms with van der Waals surface area (Å²) in [5, 5.41) is 11.0. The summed E-state index contributed by atoms with van der Waals surface area (Å²) >= 11 is 5.79. The first kappa shape index (κ1) is 15.9. The van der Waals surface area contributed by atoms with Crippen LogP contribution in [-0.4, -0.2) is 5.11 Å². The fraction of sp³-hybridized carbons (Fsp3) is 0.250. The molecule has 0 radical (unpaired) electrons. The molecule has 0 spiro atoms. The van der Waals surface area contributed by atoms with Crippen LogP contribution in [-0.2, 0) is 18.2 Å². The van der Waals surface area contributed by atoms with Crippen LogP contribution >= 0.6 is 11.6 Å². The van der Waals surface area contributed by atoms with Crippen LogP contribution in [0.4, 0.5) is 13.2 Å². The highest BCUT2D eigenvalue weighted by atomic mass is 35.5. The Morgan fingerprint density at radius 2 is 1.62 bits per heavy atom. The monoisotopic (exact) mass is 314 g/mol. The summed E-state index contributed by atoms with van der Waals surface area (Å²) < 4.78 is 38.1. The third-order valence-electron chi connectivity index (χ3n) is 3.27. The van der Waals surface area contributed by atoms with Gasteiger partial charge in [0.1, 0.15) is 0 Å². The molecule has 112 valence electrons. The van der Waals surface area contributed by atoms with Crippen LogP contribution in [0, 0.1) is 0 Å². The van der Waals surface area contributed by atoms with Crippen LogP contribution in [0.25, 0.3) is 0 Å². The largest absolute Gasteiger partial charge is 0.416 e. The Hall–Kier alpha value is -1.52. The minimum atomic E-state index is -4.39. The molecule has 0 fully saturated rings. The molecule has 0 aliphatic carbocycles. The van der Waals surface area contributed by atoms with Gasteiger partial charge in [0.15, 0.2) is 0 Å². The summed E-state index contributed by atoms with van der Waals surface area (Å²) in [6, 6.07) is 11.6. The van der Waals surface area contributed by atoms with E-state index < -0.39 is 17.3 Å². The van der Waals surface area contributed by atoms with Crippen LogP contribution in [0.2, 0.25) is 5.02 Å². The zero-order chi connectivity index (χ0) is 15.7. The maximum absolute atomic E-state index is 12.7. The number of aliphatic hydroxyl groups is 1. The second-order valence-corrected chi connectivity index (χ2v) is 5.59. The zero-order valence-electron chi connectivity index (χ0n) is 11.3. The lowest BCUT2D eigenvalue weighted by atomic mass is 9.88. The van der Waals surface area contributed by atoms with Crippen molar-refractivity contribution in [2.24, 2.45) is 0 Å². The van der Waals surface area contributed by atoms with E-state index in [9.17, 15) is 18.3 Å². The van der Waals surface area contributed by atoms with Crippen molar-refractivity contribution < 1.29 is 18.3 Å². The second kappa shape index (κ2) is 5.70. The lowest BCUT2D eigenvalue weighted by Gasteiger charge is -2.24. The molecule has 2 aromatic rings. The molecule has 0 saturated carbocycles. The first-order valence-corrected chi connectivity index (χ1v) is 6.71. The Labute approximate surface area is 126 Å². The highest BCUT2D eigenvalue weighted by molar-refractivity contribution is 6.30. The molecule has 0 amide bonds. The molecule has 2 aromatic carbocycles. The number of rotatable bonds is 3. The summed E-state index contributed by atoms with van der Waals surface area (Å²) in [6.07, 6.45) is -4.30. The number of hydrogen-bond acceptors (Lipinski definition) is 1. The summed E-state index contributed by atoms with van der Waals surface area (Å²) in [7, 11) is 0. The van der Waals surface area contributed by atoms with Gasteiger partial charge in [-0.05, 0) is 36.2 Å². The average molecular weight is 315 g/mol. The van der Waals surface area contributed by atoms with Crippen molar-refractivity contribution in [2.75, 3.05) is 0 Å². The summed E-state index contributed by atoms with van der Waals surface area (Å²) in [4.78, 5) is 0. The van der Waals surface area contributed by atoms with Gasteiger partial charge in [0.05, 0.1) is 11.2 Å². The van der Waals surface area contributed by atoms with E-state index in [1.54, 1.807) is 37.3 Å². The van der Waals surface area contributed by atoms with Gasteiger partial charge in [-0.3, -0.25) is 0 Å². The van der Waals surface area contributed by atoms with E-state index in [1.165, 1.54) is 6.07 Å². The number of benzene rings is 2. The maximum Gasteiger partial charge on any atom is 0.416 e. The molecular weight excluding hydrogens is 301 g/mol. The third-order valence-corrected chi connectivity index (χ3v) is 3.52. The van der Waals surface area contributed by atoms with Crippen molar-refractivity contribution in [3.63, 3.8) is 0 Å². The van der Waals surface area contributed by atoms with E-state index in [2.05, 4.69) is 0 Å². The van der Waals surface area contributed by atoms with Crippen molar-refractivity contribution in [1.82, 2.24) is 0 Å². The van der Waals surface area contributed by atoms with Crippen LogP contribution in [0.15, 0.2) is 48.5 Å². The van der Waals surface area contributed by atoms with Crippen molar-refractivity contribution in [2.45, 2.75) is 25.1 Å². The molecule has 0 saturated heterocycles. The normalized spacial score (nSPS) is 14.8. The van der Waals surface area contributed by atoms with Gasteiger partial charge in [-0.1, -0.05) is 41.9 Å². The Morgan fingerprint density at radius 3 is 2.19 bits per heavy atom. The molecule has 0 aliphatic heterocycles. The quantitative estimate of drug-likeness (QED) is 0.862. The first-order valence-electron chi connectivity index (χ1n) is 6.33. The average Bonchev–Trinajstić information content (AvgIpc) is 2.38. The lowest BCUT2D eigenvalue weighted by Crippen LogP contribution is -2.24. The maximum atomic E-state index is 12.7. The van der Waals surface area contributed by atoms with Gasteiger partial charge in [0.25, 0.3) is 0 Å². The van der Waals surface area contributed by atoms with Crippen molar-refractivity contribution in [1.29, 1.82) is 0 Å². The molecular formula is C16H14ClF3O. The summed E-state index contributed by atoms with van der Waals surface area (Å²) in [6.45, 7) is 1.57. The van der Waals surface area contributed by atoms with Crippen LogP contribution in [0.1, 0.15) is 23.6 Å². The Bertz CT molecular complexity index is 618. The molecule has 0 aromatic heterocycles.